The Morgan fingerprint density at radius 1 is 1.24 bits per heavy atom. The van der Waals surface area contributed by atoms with E-state index in [4.69, 9.17) is 4.74 Å². The van der Waals surface area contributed by atoms with Crippen molar-refractivity contribution < 1.29 is 4.74 Å². The van der Waals surface area contributed by atoms with Gasteiger partial charge in [-0.3, -0.25) is 0 Å². The maximum absolute atomic E-state index is 5.79. The van der Waals surface area contributed by atoms with Crippen LogP contribution < -0.4 is 10.1 Å². The number of aryl methyl sites for hydroxylation is 1. The van der Waals surface area contributed by atoms with Crippen molar-refractivity contribution in [2.75, 3.05) is 13.6 Å². The van der Waals surface area contributed by atoms with E-state index in [-0.39, 0.29) is 6.10 Å². The number of hydrogen-bond donors (Lipinski definition) is 1. The predicted molar refractivity (Wildman–Crippen MR) is 68.3 cm³/mol. The molecule has 2 aromatic rings. The summed E-state index contributed by atoms with van der Waals surface area (Å²) in [5, 5.41) is 13.4. The summed E-state index contributed by atoms with van der Waals surface area (Å²) in [5.41, 5.74) is 0.925. The van der Waals surface area contributed by atoms with E-state index in [0.29, 0.717) is 5.88 Å². The Kier molecular flexibility index (Phi) is 3.54. The van der Waals surface area contributed by atoms with Crippen LogP contribution in [0.5, 0.6) is 5.88 Å². The van der Waals surface area contributed by atoms with Crippen molar-refractivity contribution in [3.8, 4) is 5.88 Å². The van der Waals surface area contributed by atoms with Crippen LogP contribution >= 0.6 is 0 Å². The molecule has 0 saturated carbocycles. The average Bonchev–Trinajstić information content (AvgIpc) is 2.34. The number of hydrogen-bond acceptors (Lipinski definition) is 4. The number of fused-ring (bicyclic) bond motifs is 1. The van der Waals surface area contributed by atoms with Crippen molar-refractivity contribution in [3.05, 3.63) is 30.0 Å². The number of aromatic nitrogens is 2. The molecule has 4 heteroatoms. The normalized spacial score (nSPS) is 12.6. The quantitative estimate of drug-likeness (QED) is 0.873. The first-order chi connectivity index (χ1) is 8.22. The summed E-state index contributed by atoms with van der Waals surface area (Å²) in [5.74, 6) is 0.606. The molecule has 0 aliphatic carbocycles. The lowest BCUT2D eigenvalue weighted by Crippen LogP contribution is -2.26. The van der Waals surface area contributed by atoms with Crippen molar-refractivity contribution in [2.24, 2.45) is 0 Å². The number of ether oxygens (including phenoxy) is 1. The van der Waals surface area contributed by atoms with Crippen LogP contribution in [0.2, 0.25) is 0 Å². The minimum absolute atomic E-state index is 0.0698. The third-order valence-corrected chi connectivity index (χ3v) is 2.64. The molecule has 4 nitrogen and oxygen atoms in total. The largest absolute Gasteiger partial charge is 0.472 e. The van der Waals surface area contributed by atoms with Gasteiger partial charge < -0.3 is 10.1 Å². The van der Waals surface area contributed by atoms with Gasteiger partial charge in [-0.15, -0.1) is 5.10 Å². The molecule has 0 saturated heterocycles. The molecule has 2 rings (SSSR count). The zero-order valence-electron chi connectivity index (χ0n) is 10.4. The lowest BCUT2D eigenvalue weighted by atomic mass is 10.1. The van der Waals surface area contributed by atoms with Crippen LogP contribution in [0.25, 0.3) is 10.8 Å². The topological polar surface area (TPSA) is 47.0 Å². The first kappa shape index (κ1) is 11.8. The fourth-order valence-corrected chi connectivity index (χ4v) is 1.82. The van der Waals surface area contributed by atoms with Crippen LogP contribution in [0.4, 0.5) is 0 Å². The second-order valence-corrected chi connectivity index (χ2v) is 4.12. The molecule has 0 spiro atoms. The third-order valence-electron chi connectivity index (χ3n) is 2.64. The van der Waals surface area contributed by atoms with Gasteiger partial charge in [0.1, 0.15) is 6.10 Å². The van der Waals surface area contributed by atoms with Crippen molar-refractivity contribution in [3.63, 3.8) is 0 Å². The first-order valence-electron chi connectivity index (χ1n) is 5.75. The van der Waals surface area contributed by atoms with Gasteiger partial charge in [0.2, 0.25) is 5.88 Å². The molecule has 0 aliphatic heterocycles. The van der Waals surface area contributed by atoms with Gasteiger partial charge in [0.05, 0.1) is 5.69 Å². The van der Waals surface area contributed by atoms with E-state index in [1.807, 2.05) is 45.2 Å². The van der Waals surface area contributed by atoms with Crippen LogP contribution in [0.15, 0.2) is 24.3 Å². The summed E-state index contributed by atoms with van der Waals surface area (Å²) >= 11 is 0. The minimum Gasteiger partial charge on any atom is -0.472 e. The molecule has 0 radical (unpaired) electrons. The molecule has 90 valence electrons. The fraction of sp³-hybridized carbons (Fsp3) is 0.385. The summed E-state index contributed by atoms with van der Waals surface area (Å²) in [6.07, 6.45) is 0.0698. The average molecular weight is 231 g/mol. The number of nitrogens with one attached hydrogen (secondary N) is 1. The van der Waals surface area contributed by atoms with E-state index in [1.165, 1.54) is 0 Å². The number of nitrogens with zero attached hydrogens (tertiary/aromatic N) is 2. The van der Waals surface area contributed by atoms with Crippen LogP contribution in [-0.4, -0.2) is 29.9 Å². The molecule has 17 heavy (non-hydrogen) atoms. The maximum atomic E-state index is 5.79. The molecule has 1 N–H and O–H groups in total. The van der Waals surface area contributed by atoms with E-state index < -0.39 is 0 Å². The molecule has 0 bridgehead atoms. The van der Waals surface area contributed by atoms with E-state index in [2.05, 4.69) is 15.5 Å². The summed E-state index contributed by atoms with van der Waals surface area (Å²) < 4.78 is 5.79. The standard InChI is InChI=1S/C13H17N3O/c1-9(8-14-3)17-13-12-7-5-4-6-11(12)10(2)15-16-13/h4-7,9,14H,8H2,1-3H3. The highest BCUT2D eigenvalue weighted by Crippen LogP contribution is 2.24. The number of rotatable bonds is 4. The molecule has 0 aliphatic rings. The van der Waals surface area contributed by atoms with Gasteiger partial charge >= 0.3 is 0 Å². The monoisotopic (exact) mass is 231 g/mol. The molecule has 0 amide bonds. The van der Waals surface area contributed by atoms with Crippen molar-refractivity contribution >= 4 is 10.8 Å². The molecule has 1 aromatic carbocycles. The summed E-state index contributed by atoms with van der Waals surface area (Å²) in [6, 6.07) is 8.03. The Balaban J connectivity index is 2.38. The first-order valence-corrected chi connectivity index (χ1v) is 5.75. The Morgan fingerprint density at radius 3 is 2.65 bits per heavy atom. The highest BCUT2D eigenvalue weighted by atomic mass is 16.5. The molecule has 1 unspecified atom stereocenters. The lowest BCUT2D eigenvalue weighted by Gasteiger charge is -2.14. The molecule has 1 aromatic heterocycles. The van der Waals surface area contributed by atoms with Gasteiger partial charge in [0, 0.05) is 17.3 Å². The number of likely N-dealkylation sites (N-methyl/N-ethyl adjacent to an activating group) is 1. The number of benzene rings is 1. The summed E-state index contributed by atoms with van der Waals surface area (Å²) in [7, 11) is 1.90. The van der Waals surface area contributed by atoms with Gasteiger partial charge in [-0.25, -0.2) is 0 Å². The lowest BCUT2D eigenvalue weighted by molar-refractivity contribution is 0.212. The molecule has 0 fully saturated rings. The zero-order valence-corrected chi connectivity index (χ0v) is 10.4. The van der Waals surface area contributed by atoms with Gasteiger partial charge in [0.15, 0.2) is 0 Å². The van der Waals surface area contributed by atoms with Crippen LogP contribution in [0, 0.1) is 6.92 Å². The van der Waals surface area contributed by atoms with E-state index in [9.17, 15) is 0 Å². The smallest absolute Gasteiger partial charge is 0.241 e. The highest BCUT2D eigenvalue weighted by Gasteiger charge is 2.10. The molecule has 1 heterocycles. The van der Waals surface area contributed by atoms with E-state index in [0.717, 1.165) is 23.0 Å². The summed E-state index contributed by atoms with van der Waals surface area (Å²) in [6.45, 7) is 4.74. The van der Waals surface area contributed by atoms with E-state index >= 15 is 0 Å². The Labute approximate surface area is 101 Å². The van der Waals surface area contributed by atoms with E-state index in [1.54, 1.807) is 0 Å². The van der Waals surface area contributed by atoms with Crippen LogP contribution in [0.1, 0.15) is 12.6 Å². The molecular weight excluding hydrogens is 214 g/mol. The van der Waals surface area contributed by atoms with Crippen molar-refractivity contribution in [2.45, 2.75) is 20.0 Å². The van der Waals surface area contributed by atoms with Crippen LogP contribution in [-0.2, 0) is 0 Å². The van der Waals surface area contributed by atoms with Gasteiger partial charge in [0.25, 0.3) is 0 Å². The summed E-state index contributed by atoms with van der Waals surface area (Å²) in [4.78, 5) is 0. The van der Waals surface area contributed by atoms with Crippen molar-refractivity contribution in [1.29, 1.82) is 0 Å². The Bertz CT molecular complexity index is 513. The van der Waals surface area contributed by atoms with Gasteiger partial charge in [-0.2, -0.15) is 5.10 Å². The SMILES string of the molecule is CNCC(C)Oc1nnc(C)c2ccccc12. The second kappa shape index (κ2) is 5.10. The van der Waals surface area contributed by atoms with Gasteiger partial charge in [-0.05, 0) is 27.0 Å². The van der Waals surface area contributed by atoms with Crippen LogP contribution in [0.3, 0.4) is 0 Å². The third kappa shape index (κ3) is 2.53. The predicted octanol–water partition coefficient (Wildman–Crippen LogP) is 1.92. The van der Waals surface area contributed by atoms with Crippen molar-refractivity contribution in [1.82, 2.24) is 15.5 Å². The second-order valence-electron chi connectivity index (χ2n) is 4.12. The molecular formula is C13H17N3O. The fourth-order valence-electron chi connectivity index (χ4n) is 1.82. The highest BCUT2D eigenvalue weighted by molar-refractivity contribution is 5.88. The Hall–Kier alpha value is -1.68. The maximum Gasteiger partial charge on any atom is 0.241 e. The minimum atomic E-state index is 0.0698. The Morgan fingerprint density at radius 2 is 1.94 bits per heavy atom. The zero-order chi connectivity index (χ0) is 12.3. The van der Waals surface area contributed by atoms with Gasteiger partial charge in [-0.1, -0.05) is 18.2 Å². The molecule has 1 atom stereocenters.